The zero-order valence-corrected chi connectivity index (χ0v) is 18.3. The molecule has 0 bridgehead atoms. The Morgan fingerprint density at radius 2 is 1.84 bits per heavy atom. The van der Waals surface area contributed by atoms with Gasteiger partial charge in [-0.1, -0.05) is 13.8 Å². The van der Waals surface area contributed by atoms with Gasteiger partial charge in [0.15, 0.2) is 5.96 Å². The van der Waals surface area contributed by atoms with Crippen LogP contribution in [0.5, 0.6) is 0 Å². The van der Waals surface area contributed by atoms with Crippen molar-refractivity contribution >= 4 is 29.6 Å². The largest absolute Gasteiger partial charge is 0.370 e. The van der Waals surface area contributed by atoms with Crippen molar-refractivity contribution in [3.63, 3.8) is 0 Å². The summed E-state index contributed by atoms with van der Waals surface area (Å²) in [4.78, 5) is 50.5. The Balaban J connectivity index is 2.86. The number of nitrogens with zero attached hydrogens (tertiary/aromatic N) is 1. The number of rotatable bonds is 12. The van der Waals surface area contributed by atoms with E-state index in [0.717, 1.165) is 0 Å². The smallest absolute Gasteiger partial charge is 0.245 e. The van der Waals surface area contributed by atoms with E-state index in [-0.39, 0.29) is 30.8 Å². The summed E-state index contributed by atoms with van der Waals surface area (Å²) in [5.41, 5.74) is 16.3. The topological polar surface area (TPSA) is 210 Å². The van der Waals surface area contributed by atoms with Crippen molar-refractivity contribution in [1.82, 2.24) is 20.9 Å². The van der Waals surface area contributed by atoms with E-state index in [1.807, 2.05) is 13.8 Å². The average Bonchev–Trinajstić information content (AvgIpc) is 3.16. The lowest BCUT2D eigenvalue weighted by Gasteiger charge is -2.29. The van der Waals surface area contributed by atoms with Crippen molar-refractivity contribution in [2.45, 2.75) is 64.1 Å². The molecule has 0 radical (unpaired) electrons. The normalized spacial score (nSPS) is 17.7. The fraction of sp³-hybridized carbons (Fsp3) is 0.737. The third kappa shape index (κ3) is 9.20. The molecule has 1 rings (SSSR count). The van der Waals surface area contributed by atoms with Crippen LogP contribution in [0.15, 0.2) is 0 Å². The lowest BCUT2D eigenvalue weighted by molar-refractivity contribution is -0.142. The van der Waals surface area contributed by atoms with Crippen molar-refractivity contribution < 1.29 is 19.2 Å². The maximum absolute atomic E-state index is 13.2. The number of primary amides is 1. The molecular formula is C19H36N8O4. The Hall–Kier alpha value is -2.89. The summed E-state index contributed by atoms with van der Waals surface area (Å²) in [5.74, 6) is -1.91. The molecule has 12 nitrogen and oxygen atoms in total. The summed E-state index contributed by atoms with van der Waals surface area (Å²) in [5, 5.41) is 15.0. The molecule has 0 spiro atoms. The van der Waals surface area contributed by atoms with Gasteiger partial charge in [0, 0.05) is 13.1 Å². The van der Waals surface area contributed by atoms with Gasteiger partial charge in [-0.05, 0) is 38.0 Å². The fourth-order valence-corrected chi connectivity index (χ4v) is 3.48. The van der Waals surface area contributed by atoms with E-state index in [2.05, 4.69) is 16.0 Å². The molecule has 1 fully saturated rings. The van der Waals surface area contributed by atoms with Gasteiger partial charge in [0.05, 0.1) is 12.6 Å². The second-order valence-electron chi connectivity index (χ2n) is 8.15. The third-order valence-corrected chi connectivity index (χ3v) is 4.94. The van der Waals surface area contributed by atoms with E-state index in [1.165, 1.54) is 4.90 Å². The van der Waals surface area contributed by atoms with Crippen LogP contribution < -0.4 is 33.2 Å². The molecule has 1 aliphatic heterocycles. The van der Waals surface area contributed by atoms with E-state index in [0.29, 0.717) is 38.8 Å². The van der Waals surface area contributed by atoms with Crippen molar-refractivity contribution in [3.05, 3.63) is 0 Å². The number of hydrogen-bond acceptors (Lipinski definition) is 6. The Labute approximate surface area is 182 Å². The van der Waals surface area contributed by atoms with E-state index in [1.54, 1.807) is 0 Å². The second-order valence-corrected chi connectivity index (χ2v) is 8.15. The molecular weight excluding hydrogens is 404 g/mol. The summed E-state index contributed by atoms with van der Waals surface area (Å²) >= 11 is 0. The highest BCUT2D eigenvalue weighted by molar-refractivity contribution is 5.94. The fourth-order valence-electron chi connectivity index (χ4n) is 3.48. The predicted octanol–water partition coefficient (Wildman–Crippen LogP) is -2.30. The molecule has 4 amide bonds. The van der Waals surface area contributed by atoms with Crippen LogP contribution >= 0.6 is 0 Å². The van der Waals surface area contributed by atoms with Crippen LogP contribution in [0.1, 0.15) is 46.0 Å². The first kappa shape index (κ1) is 26.1. The number of guanidine groups is 1. The van der Waals surface area contributed by atoms with E-state index in [9.17, 15) is 19.2 Å². The molecule has 1 saturated heterocycles. The molecule has 0 aliphatic carbocycles. The third-order valence-electron chi connectivity index (χ3n) is 4.94. The molecule has 176 valence electrons. The van der Waals surface area contributed by atoms with Crippen LogP contribution in [-0.4, -0.2) is 72.2 Å². The maximum Gasteiger partial charge on any atom is 0.245 e. The number of likely N-dealkylation sites (tertiary alicyclic amines) is 1. The van der Waals surface area contributed by atoms with Gasteiger partial charge >= 0.3 is 0 Å². The van der Waals surface area contributed by atoms with Crippen molar-refractivity contribution in [3.8, 4) is 0 Å². The first-order valence-corrected chi connectivity index (χ1v) is 10.5. The Bertz CT molecular complexity index is 669. The number of hydrogen-bond donors (Lipinski definition) is 7. The van der Waals surface area contributed by atoms with Crippen molar-refractivity contribution in [2.75, 3.05) is 19.6 Å². The van der Waals surface area contributed by atoms with Crippen LogP contribution in [0.25, 0.3) is 0 Å². The molecule has 0 aromatic carbocycles. The Morgan fingerprint density at radius 1 is 1.16 bits per heavy atom. The number of nitrogens with two attached hydrogens (primary N) is 3. The highest BCUT2D eigenvalue weighted by Crippen LogP contribution is 2.20. The van der Waals surface area contributed by atoms with Crippen LogP contribution in [0.4, 0.5) is 0 Å². The monoisotopic (exact) mass is 440 g/mol. The zero-order chi connectivity index (χ0) is 23.6. The highest BCUT2D eigenvalue weighted by Gasteiger charge is 2.37. The van der Waals surface area contributed by atoms with Gasteiger partial charge in [-0.25, -0.2) is 0 Å². The second kappa shape index (κ2) is 12.7. The summed E-state index contributed by atoms with van der Waals surface area (Å²) in [6.45, 7) is 4.31. The van der Waals surface area contributed by atoms with Crippen LogP contribution in [-0.2, 0) is 19.2 Å². The minimum atomic E-state index is -0.871. The molecule has 0 aromatic heterocycles. The standard InChI is InChI=1S/C19H36N8O4/c1-11(2)9-12(20)16(29)26-13(5-3-7-24-19(22)23)18(31)27-8-4-6-14(27)17(30)25-10-15(21)28/h11-14H,3-10,20H2,1-2H3,(H2,21,28)(H,25,30)(H,26,29)(H4,22,23,24)/t12-,13-,14-/m0/s1. The maximum atomic E-state index is 13.2. The van der Waals surface area contributed by atoms with Crippen molar-refractivity contribution in [1.29, 1.82) is 5.41 Å². The Morgan fingerprint density at radius 3 is 2.42 bits per heavy atom. The van der Waals surface area contributed by atoms with Gasteiger partial charge in [0.2, 0.25) is 23.6 Å². The summed E-state index contributed by atoms with van der Waals surface area (Å²) in [6.07, 6.45) is 2.30. The van der Waals surface area contributed by atoms with E-state index >= 15 is 0 Å². The molecule has 0 unspecified atom stereocenters. The molecule has 1 heterocycles. The zero-order valence-electron chi connectivity index (χ0n) is 18.3. The van der Waals surface area contributed by atoms with Crippen LogP contribution in [0.2, 0.25) is 0 Å². The number of nitrogens with one attached hydrogen (secondary N) is 4. The predicted molar refractivity (Wildman–Crippen MR) is 115 cm³/mol. The van der Waals surface area contributed by atoms with Gasteiger partial charge in [0.25, 0.3) is 0 Å². The van der Waals surface area contributed by atoms with Crippen molar-refractivity contribution in [2.24, 2.45) is 23.1 Å². The first-order valence-electron chi connectivity index (χ1n) is 10.5. The summed E-state index contributed by atoms with van der Waals surface area (Å²) < 4.78 is 0. The summed E-state index contributed by atoms with van der Waals surface area (Å²) in [6, 6.07) is -2.35. The number of carbonyl (C=O) groups excluding carboxylic acids is 4. The van der Waals surface area contributed by atoms with Gasteiger partial charge in [-0.3, -0.25) is 24.6 Å². The quantitative estimate of drug-likeness (QED) is 0.100. The van der Waals surface area contributed by atoms with Gasteiger partial charge in [-0.15, -0.1) is 0 Å². The van der Waals surface area contributed by atoms with Crippen LogP contribution in [0, 0.1) is 11.3 Å². The lowest BCUT2D eigenvalue weighted by atomic mass is 10.0. The van der Waals surface area contributed by atoms with Gasteiger partial charge in [0.1, 0.15) is 12.1 Å². The Kier molecular flexibility index (Phi) is 10.7. The molecule has 1 aliphatic rings. The minimum absolute atomic E-state index is 0.184. The molecule has 12 heteroatoms. The average molecular weight is 441 g/mol. The molecule has 0 aromatic rings. The van der Waals surface area contributed by atoms with E-state index in [4.69, 9.17) is 22.6 Å². The van der Waals surface area contributed by atoms with Gasteiger partial charge < -0.3 is 38.1 Å². The van der Waals surface area contributed by atoms with E-state index < -0.39 is 35.8 Å². The first-order chi connectivity index (χ1) is 14.5. The molecule has 31 heavy (non-hydrogen) atoms. The lowest BCUT2D eigenvalue weighted by Crippen LogP contribution is -2.56. The number of amides is 4. The van der Waals surface area contributed by atoms with Gasteiger partial charge in [-0.2, -0.15) is 0 Å². The molecule has 3 atom stereocenters. The minimum Gasteiger partial charge on any atom is -0.370 e. The molecule has 10 N–H and O–H groups in total. The molecule has 0 saturated carbocycles. The summed E-state index contributed by atoms with van der Waals surface area (Å²) in [7, 11) is 0. The SMILES string of the molecule is CC(C)C[C@H](N)C(=O)N[C@@H](CCCNC(=N)N)C(=O)N1CCC[C@H]1C(=O)NCC(N)=O. The van der Waals surface area contributed by atoms with Crippen LogP contribution in [0.3, 0.4) is 0 Å². The number of carbonyl (C=O) groups is 4. The highest BCUT2D eigenvalue weighted by atomic mass is 16.2.